The van der Waals surface area contributed by atoms with Crippen LogP contribution in [-0.2, 0) is 9.59 Å². The predicted octanol–water partition coefficient (Wildman–Crippen LogP) is 2.66. The zero-order valence-corrected chi connectivity index (χ0v) is 18.1. The molecule has 2 heterocycles. The van der Waals surface area contributed by atoms with E-state index >= 15 is 0 Å². The first kappa shape index (κ1) is 22.4. The number of thioether (sulfide) groups is 1. The van der Waals surface area contributed by atoms with Gasteiger partial charge in [0.1, 0.15) is 5.82 Å². The molecule has 10 heteroatoms. The number of carbonyl (C=O) groups is 5. The molecule has 4 rings (SSSR count). The molecule has 2 aliphatic heterocycles. The third kappa shape index (κ3) is 4.70. The van der Waals surface area contributed by atoms with Crippen LogP contribution in [0.3, 0.4) is 0 Å². The van der Waals surface area contributed by atoms with Gasteiger partial charge in [0.25, 0.3) is 23.0 Å². The van der Waals surface area contributed by atoms with E-state index in [2.05, 4.69) is 5.32 Å². The van der Waals surface area contributed by atoms with Gasteiger partial charge in [-0.15, -0.1) is 0 Å². The Morgan fingerprint density at radius 1 is 0.879 bits per heavy atom. The van der Waals surface area contributed by atoms with Crippen LogP contribution in [0.5, 0.6) is 0 Å². The summed E-state index contributed by atoms with van der Waals surface area (Å²) in [5.41, 5.74) is 1.22. The van der Waals surface area contributed by atoms with Crippen molar-refractivity contribution in [2.24, 2.45) is 0 Å². The summed E-state index contributed by atoms with van der Waals surface area (Å²) in [4.78, 5) is 63.7. The molecule has 0 unspecified atom stereocenters. The van der Waals surface area contributed by atoms with Crippen LogP contribution in [0.4, 0.5) is 9.18 Å². The summed E-state index contributed by atoms with van der Waals surface area (Å²) < 4.78 is 13.0. The summed E-state index contributed by atoms with van der Waals surface area (Å²) in [5, 5.41) is 2.13. The van der Waals surface area contributed by atoms with E-state index < -0.39 is 34.7 Å². The van der Waals surface area contributed by atoms with Gasteiger partial charge in [0.05, 0.1) is 16.0 Å². The molecule has 1 N–H and O–H groups in total. The smallest absolute Gasteiger partial charge is 0.293 e. The first-order valence-corrected chi connectivity index (χ1v) is 10.9. The van der Waals surface area contributed by atoms with Crippen molar-refractivity contribution in [2.45, 2.75) is 6.42 Å². The van der Waals surface area contributed by atoms with Gasteiger partial charge in [-0.1, -0.05) is 24.3 Å². The highest BCUT2D eigenvalue weighted by molar-refractivity contribution is 8.18. The van der Waals surface area contributed by atoms with Gasteiger partial charge < -0.3 is 5.32 Å². The molecule has 2 aromatic rings. The highest BCUT2D eigenvalue weighted by atomic mass is 32.2. The maximum absolute atomic E-state index is 13.0. The minimum absolute atomic E-state index is 0.0236. The van der Waals surface area contributed by atoms with Crippen molar-refractivity contribution in [3.05, 3.63) is 75.9 Å². The molecule has 168 valence electrons. The Balaban J connectivity index is 1.25. The van der Waals surface area contributed by atoms with Crippen LogP contribution in [0.2, 0.25) is 0 Å². The number of hydrogen-bond acceptors (Lipinski definition) is 6. The lowest BCUT2D eigenvalue weighted by molar-refractivity contribution is -0.124. The third-order valence-corrected chi connectivity index (χ3v) is 6.05. The Morgan fingerprint density at radius 2 is 1.52 bits per heavy atom. The Bertz CT molecular complexity index is 1160. The highest BCUT2D eigenvalue weighted by Gasteiger charge is 2.36. The number of carbonyl (C=O) groups excluding carboxylic acids is 5. The average Bonchev–Trinajstić information content (AvgIpc) is 3.21. The van der Waals surface area contributed by atoms with Crippen LogP contribution in [0, 0.1) is 5.82 Å². The number of nitrogens with one attached hydrogen (secondary N) is 1. The SMILES string of the molecule is O=C(CCN1C(=O)c2ccccc2C1=O)NCCN1C(=O)S/C(=C/c2ccc(F)cc2)C1=O. The van der Waals surface area contributed by atoms with Crippen LogP contribution >= 0.6 is 11.8 Å². The first-order chi connectivity index (χ1) is 15.8. The summed E-state index contributed by atoms with van der Waals surface area (Å²) in [6, 6.07) is 12.0. The predicted molar refractivity (Wildman–Crippen MR) is 119 cm³/mol. The molecule has 0 aliphatic carbocycles. The molecular formula is C23H18FN3O5S. The molecule has 0 bridgehead atoms. The van der Waals surface area contributed by atoms with Crippen LogP contribution in [0.1, 0.15) is 32.7 Å². The van der Waals surface area contributed by atoms with Crippen LogP contribution < -0.4 is 5.32 Å². The third-order valence-electron chi connectivity index (χ3n) is 5.14. The fourth-order valence-electron chi connectivity index (χ4n) is 3.45. The number of rotatable bonds is 7. The maximum Gasteiger partial charge on any atom is 0.293 e. The van der Waals surface area contributed by atoms with Crippen molar-refractivity contribution >= 4 is 46.7 Å². The number of nitrogens with zero attached hydrogens (tertiary/aromatic N) is 2. The lowest BCUT2D eigenvalue weighted by Gasteiger charge is -2.15. The van der Waals surface area contributed by atoms with E-state index in [1.54, 1.807) is 24.3 Å². The van der Waals surface area contributed by atoms with Crippen molar-refractivity contribution in [1.82, 2.24) is 15.1 Å². The second kappa shape index (κ2) is 9.37. The van der Waals surface area contributed by atoms with Gasteiger partial charge in [-0.05, 0) is 47.7 Å². The largest absolute Gasteiger partial charge is 0.354 e. The quantitative estimate of drug-likeness (QED) is 0.496. The maximum atomic E-state index is 13.0. The molecule has 0 radical (unpaired) electrons. The van der Waals surface area contributed by atoms with E-state index in [-0.39, 0.29) is 31.0 Å². The topological polar surface area (TPSA) is 104 Å². The van der Waals surface area contributed by atoms with E-state index in [0.29, 0.717) is 16.7 Å². The zero-order chi connectivity index (χ0) is 23.5. The van der Waals surface area contributed by atoms with Gasteiger partial charge in [-0.2, -0.15) is 0 Å². The minimum atomic E-state index is -0.491. The summed E-state index contributed by atoms with van der Waals surface area (Å²) in [7, 11) is 0. The van der Waals surface area contributed by atoms with E-state index in [1.165, 1.54) is 30.3 Å². The van der Waals surface area contributed by atoms with Gasteiger partial charge in [-0.3, -0.25) is 33.8 Å². The Labute approximate surface area is 192 Å². The van der Waals surface area contributed by atoms with Crippen LogP contribution in [0.15, 0.2) is 53.4 Å². The molecular weight excluding hydrogens is 449 g/mol. The lowest BCUT2D eigenvalue weighted by Crippen LogP contribution is -2.39. The Hall–Kier alpha value is -3.79. The van der Waals surface area contributed by atoms with Gasteiger partial charge in [0.15, 0.2) is 0 Å². The monoisotopic (exact) mass is 467 g/mol. The van der Waals surface area contributed by atoms with E-state index in [1.807, 2.05) is 0 Å². The van der Waals surface area contributed by atoms with Crippen molar-refractivity contribution in [1.29, 1.82) is 0 Å². The van der Waals surface area contributed by atoms with Crippen molar-refractivity contribution in [2.75, 3.05) is 19.6 Å². The molecule has 0 saturated carbocycles. The summed E-state index contributed by atoms with van der Waals surface area (Å²) in [6.45, 7) is -0.0623. The number of imide groups is 2. The van der Waals surface area contributed by atoms with Crippen molar-refractivity contribution < 1.29 is 28.4 Å². The standard InChI is InChI=1S/C23H18FN3O5S/c24-15-7-5-14(6-8-15)13-18-22(31)27(23(32)33-18)12-10-25-19(28)9-11-26-20(29)16-3-1-2-4-17(16)21(26)30/h1-8,13H,9-12H2,(H,25,28)/b18-13+. The molecule has 8 nitrogen and oxygen atoms in total. The normalized spacial score (nSPS) is 16.7. The van der Waals surface area contributed by atoms with Gasteiger partial charge >= 0.3 is 0 Å². The molecule has 0 spiro atoms. The number of benzene rings is 2. The van der Waals surface area contributed by atoms with Crippen molar-refractivity contribution in [3.8, 4) is 0 Å². The van der Waals surface area contributed by atoms with E-state index in [0.717, 1.165) is 21.6 Å². The number of hydrogen-bond donors (Lipinski definition) is 1. The molecule has 1 saturated heterocycles. The average molecular weight is 467 g/mol. The van der Waals surface area contributed by atoms with Gasteiger partial charge in [-0.25, -0.2) is 4.39 Å². The van der Waals surface area contributed by atoms with Crippen molar-refractivity contribution in [3.63, 3.8) is 0 Å². The zero-order valence-electron chi connectivity index (χ0n) is 17.2. The van der Waals surface area contributed by atoms with Gasteiger partial charge in [0.2, 0.25) is 5.91 Å². The van der Waals surface area contributed by atoms with Gasteiger partial charge in [0, 0.05) is 26.1 Å². The molecule has 2 aromatic carbocycles. The van der Waals surface area contributed by atoms with E-state index in [4.69, 9.17) is 0 Å². The summed E-state index contributed by atoms with van der Waals surface area (Å²) in [6.07, 6.45) is 1.41. The van der Waals surface area contributed by atoms with E-state index in [9.17, 15) is 28.4 Å². The Morgan fingerprint density at radius 3 is 2.15 bits per heavy atom. The Kier molecular flexibility index (Phi) is 6.36. The number of amides is 5. The van der Waals surface area contributed by atoms with Crippen LogP contribution in [0.25, 0.3) is 6.08 Å². The second-order valence-electron chi connectivity index (χ2n) is 7.29. The molecule has 0 atom stereocenters. The molecule has 0 aromatic heterocycles. The fourth-order valence-corrected chi connectivity index (χ4v) is 4.32. The fraction of sp³-hybridized carbons (Fsp3) is 0.174. The number of halogens is 1. The minimum Gasteiger partial charge on any atom is -0.354 e. The lowest BCUT2D eigenvalue weighted by atomic mass is 10.1. The number of fused-ring (bicyclic) bond motifs is 1. The first-order valence-electron chi connectivity index (χ1n) is 10.1. The molecule has 33 heavy (non-hydrogen) atoms. The molecule has 2 aliphatic rings. The molecule has 1 fully saturated rings. The van der Waals surface area contributed by atoms with Crippen LogP contribution in [-0.4, -0.2) is 58.3 Å². The summed E-state index contributed by atoms with van der Waals surface area (Å²) in [5.74, 6) is -2.18. The molecule has 5 amide bonds. The highest BCUT2D eigenvalue weighted by Crippen LogP contribution is 2.31. The summed E-state index contributed by atoms with van der Waals surface area (Å²) >= 11 is 0.772. The second-order valence-corrected chi connectivity index (χ2v) is 8.29.